The van der Waals surface area contributed by atoms with Crippen LogP contribution >= 0.6 is 11.3 Å². The Balaban J connectivity index is 1.93. The molecule has 0 aliphatic carbocycles. The highest BCUT2D eigenvalue weighted by Crippen LogP contribution is 2.45. The summed E-state index contributed by atoms with van der Waals surface area (Å²) in [6.07, 6.45) is -0.957. The van der Waals surface area contributed by atoms with Gasteiger partial charge in [0, 0.05) is 17.1 Å². The Hall–Kier alpha value is -2.14. The van der Waals surface area contributed by atoms with Gasteiger partial charge in [-0.2, -0.15) is 5.10 Å². The number of nitrogen functional groups attached to an aromatic ring is 1. The molecule has 0 amide bonds. The van der Waals surface area contributed by atoms with Crippen molar-refractivity contribution in [2.24, 2.45) is 0 Å². The van der Waals surface area contributed by atoms with Gasteiger partial charge in [-0.05, 0) is 13.0 Å². The van der Waals surface area contributed by atoms with Crippen molar-refractivity contribution in [3.05, 3.63) is 29.7 Å². The van der Waals surface area contributed by atoms with Crippen LogP contribution in [-0.4, -0.2) is 54.3 Å². The number of halogens is 1. The minimum Gasteiger partial charge on any atom is -0.394 e. The van der Waals surface area contributed by atoms with Crippen LogP contribution in [0.5, 0.6) is 0 Å². The lowest BCUT2D eigenvalue weighted by atomic mass is 9.92. The van der Waals surface area contributed by atoms with Crippen LogP contribution in [-0.2, 0) is 4.74 Å². The molecule has 132 valence electrons. The predicted molar refractivity (Wildman–Crippen MR) is 88.7 cm³/mol. The summed E-state index contributed by atoms with van der Waals surface area (Å²) in [5, 5.41) is 26.6. The molecule has 0 aromatic carbocycles. The van der Waals surface area contributed by atoms with Crippen molar-refractivity contribution in [2.75, 3.05) is 12.3 Å². The molecule has 25 heavy (non-hydrogen) atoms. The highest BCUT2D eigenvalue weighted by Gasteiger charge is 2.54. The van der Waals surface area contributed by atoms with E-state index in [4.69, 9.17) is 10.5 Å². The molecule has 0 unspecified atom stereocenters. The van der Waals surface area contributed by atoms with Gasteiger partial charge in [-0.25, -0.2) is 18.9 Å². The summed E-state index contributed by atoms with van der Waals surface area (Å²) in [5.41, 5.74) is 5.77. The normalized spacial score (nSPS) is 29.5. The van der Waals surface area contributed by atoms with Gasteiger partial charge < -0.3 is 20.7 Å². The zero-order valence-electron chi connectivity index (χ0n) is 13.2. The first-order valence-corrected chi connectivity index (χ1v) is 8.47. The molecule has 0 bridgehead atoms. The van der Waals surface area contributed by atoms with E-state index in [0.29, 0.717) is 21.8 Å². The Kier molecular flexibility index (Phi) is 3.72. The molecule has 0 saturated carbocycles. The maximum Gasteiger partial charge on any atom is 0.160 e. The molecule has 4 atom stereocenters. The molecule has 0 spiro atoms. The van der Waals surface area contributed by atoms with E-state index in [2.05, 4.69) is 15.1 Å². The lowest BCUT2D eigenvalue weighted by molar-refractivity contribution is -0.0543. The van der Waals surface area contributed by atoms with Crippen molar-refractivity contribution in [2.45, 2.75) is 30.9 Å². The molecule has 1 aliphatic rings. The van der Waals surface area contributed by atoms with Crippen LogP contribution in [0.15, 0.2) is 24.0 Å². The zero-order valence-corrected chi connectivity index (χ0v) is 14.0. The van der Waals surface area contributed by atoms with E-state index in [1.165, 1.54) is 29.1 Å². The molecule has 0 radical (unpaired) electrons. The Morgan fingerprint density at radius 1 is 1.48 bits per heavy atom. The van der Waals surface area contributed by atoms with Gasteiger partial charge in [0.2, 0.25) is 0 Å². The highest BCUT2D eigenvalue weighted by molar-refractivity contribution is 7.13. The molecule has 1 fully saturated rings. The maximum absolute atomic E-state index is 14.4. The third kappa shape index (κ3) is 2.33. The monoisotopic (exact) mass is 365 g/mol. The molecule has 1 aliphatic heterocycles. The molecule has 3 aromatic rings. The molecule has 1 saturated heterocycles. The fraction of sp³-hybridized carbons (Fsp3) is 0.400. The molecular formula is C15H16FN5O3S. The van der Waals surface area contributed by atoms with Crippen LogP contribution in [0, 0.1) is 0 Å². The number of nitrogens with two attached hydrogens (primary N) is 1. The number of aromatic nitrogens is 4. The molecule has 4 rings (SSSR count). The number of fused-ring (bicyclic) bond motifs is 1. The van der Waals surface area contributed by atoms with Crippen LogP contribution in [0.25, 0.3) is 16.1 Å². The third-order valence-electron chi connectivity index (χ3n) is 4.45. The number of ether oxygens (including phenoxy) is 1. The van der Waals surface area contributed by atoms with Crippen molar-refractivity contribution < 1.29 is 19.3 Å². The van der Waals surface area contributed by atoms with Gasteiger partial charge in [0.15, 0.2) is 12.0 Å². The van der Waals surface area contributed by atoms with E-state index >= 15 is 0 Å². The second-order valence-corrected chi connectivity index (χ2v) is 6.99. The first kappa shape index (κ1) is 16.3. The lowest BCUT2D eigenvalue weighted by Crippen LogP contribution is -2.40. The maximum atomic E-state index is 14.4. The van der Waals surface area contributed by atoms with E-state index in [9.17, 15) is 14.6 Å². The van der Waals surface area contributed by atoms with Gasteiger partial charge in [-0.3, -0.25) is 0 Å². The smallest absolute Gasteiger partial charge is 0.160 e. The Morgan fingerprint density at radius 3 is 2.92 bits per heavy atom. The number of hydrogen-bond acceptors (Lipinski definition) is 8. The number of rotatable bonds is 3. The summed E-state index contributed by atoms with van der Waals surface area (Å²) >= 11 is 1.41. The van der Waals surface area contributed by atoms with Gasteiger partial charge in [0.05, 0.1) is 12.3 Å². The number of alkyl halides is 1. The number of anilines is 1. The van der Waals surface area contributed by atoms with E-state index in [-0.39, 0.29) is 5.82 Å². The van der Waals surface area contributed by atoms with Crippen LogP contribution < -0.4 is 5.73 Å². The van der Waals surface area contributed by atoms with E-state index in [0.717, 1.165) is 0 Å². The van der Waals surface area contributed by atoms with Gasteiger partial charge in [0.25, 0.3) is 0 Å². The average Bonchev–Trinajstić information content (AvgIpc) is 3.27. The van der Waals surface area contributed by atoms with E-state index < -0.39 is 30.6 Å². The fourth-order valence-electron chi connectivity index (χ4n) is 3.21. The largest absolute Gasteiger partial charge is 0.394 e. The van der Waals surface area contributed by atoms with Gasteiger partial charge in [0.1, 0.15) is 34.7 Å². The summed E-state index contributed by atoms with van der Waals surface area (Å²) in [7, 11) is 0. The molecule has 3 aromatic heterocycles. The topological polar surface area (TPSA) is 119 Å². The number of hydrogen-bond donors (Lipinski definition) is 3. The van der Waals surface area contributed by atoms with Crippen LogP contribution in [0.1, 0.15) is 18.7 Å². The summed E-state index contributed by atoms with van der Waals surface area (Å²) in [4.78, 5) is 8.28. The number of aliphatic hydroxyl groups is 2. The van der Waals surface area contributed by atoms with Crippen molar-refractivity contribution in [1.29, 1.82) is 0 Å². The van der Waals surface area contributed by atoms with E-state index in [1.807, 2.05) is 5.38 Å². The molecule has 4 heterocycles. The summed E-state index contributed by atoms with van der Waals surface area (Å²) in [6, 6.07) is 1.71. The second-order valence-electron chi connectivity index (χ2n) is 6.09. The fourth-order valence-corrected chi connectivity index (χ4v) is 3.86. The summed E-state index contributed by atoms with van der Waals surface area (Å²) in [6.45, 7) is 0.804. The summed E-state index contributed by atoms with van der Waals surface area (Å²) < 4.78 is 21.5. The number of thiazole rings is 1. The Bertz CT molecular complexity index is 913. The Morgan fingerprint density at radius 2 is 2.28 bits per heavy atom. The minimum absolute atomic E-state index is 0.236. The predicted octanol–water partition coefficient (Wildman–Crippen LogP) is 0.956. The van der Waals surface area contributed by atoms with Crippen LogP contribution in [0.2, 0.25) is 0 Å². The molecular weight excluding hydrogens is 349 g/mol. The highest BCUT2D eigenvalue weighted by atomic mass is 32.1. The second kappa shape index (κ2) is 5.70. The van der Waals surface area contributed by atoms with Gasteiger partial charge in [-0.15, -0.1) is 11.3 Å². The van der Waals surface area contributed by atoms with Crippen molar-refractivity contribution in [3.8, 4) is 10.6 Å². The summed E-state index contributed by atoms with van der Waals surface area (Å²) in [5.74, 6) is 0.236. The van der Waals surface area contributed by atoms with Gasteiger partial charge in [-0.1, -0.05) is 0 Å². The number of aliphatic hydroxyl groups excluding tert-OH is 1. The molecule has 10 heteroatoms. The van der Waals surface area contributed by atoms with Gasteiger partial charge >= 0.3 is 0 Å². The quantitative estimate of drug-likeness (QED) is 0.632. The Labute approximate surface area is 145 Å². The lowest BCUT2D eigenvalue weighted by Gasteiger charge is -2.24. The average molecular weight is 365 g/mol. The van der Waals surface area contributed by atoms with Crippen LogP contribution in [0.3, 0.4) is 0 Å². The SMILES string of the molecule is C[C@@]1(O)[C@H](F)[C@@H](CO)O[C@H]1c1cc(-c2nccs2)c2c(N)ncnn12. The van der Waals surface area contributed by atoms with Crippen LogP contribution in [0.4, 0.5) is 10.2 Å². The number of nitrogens with zero attached hydrogens (tertiary/aromatic N) is 4. The van der Waals surface area contributed by atoms with E-state index in [1.54, 1.807) is 12.3 Å². The first-order valence-electron chi connectivity index (χ1n) is 7.60. The molecule has 8 nitrogen and oxygen atoms in total. The third-order valence-corrected chi connectivity index (χ3v) is 5.25. The zero-order chi connectivity index (χ0) is 17.8. The molecule has 4 N–H and O–H groups in total. The minimum atomic E-state index is -1.83. The van der Waals surface area contributed by atoms with Crippen molar-refractivity contribution >= 4 is 22.7 Å². The standard InChI is InChI=1S/C15H16FN5O3S/c1-15(23)11(16)9(5-22)24-12(15)8-4-7(14-18-2-3-25-14)10-13(17)19-6-20-21(8)10/h2-4,6,9,11-12,22-23H,5H2,1H3,(H2,17,19,20)/t9-,11-,12+,15-/m1/s1. The van der Waals surface area contributed by atoms with Crippen molar-refractivity contribution in [1.82, 2.24) is 19.6 Å². The first-order chi connectivity index (χ1) is 11.9. The van der Waals surface area contributed by atoms with Crippen molar-refractivity contribution in [3.63, 3.8) is 0 Å².